The molecule has 0 aromatic rings. The maximum absolute atomic E-state index is 10.3. The van der Waals surface area contributed by atoms with E-state index in [1.165, 1.54) is 0 Å². The molecular formula is C7H12BrClO2. The number of unbranched alkanes of at least 4 members (excludes halogenated alkanes) is 2. The molecule has 0 aliphatic heterocycles. The van der Waals surface area contributed by atoms with Gasteiger partial charge in [0, 0.05) is 5.88 Å². The fourth-order valence-corrected chi connectivity index (χ4v) is 1.23. The van der Waals surface area contributed by atoms with Gasteiger partial charge in [0.15, 0.2) is 0 Å². The summed E-state index contributed by atoms with van der Waals surface area (Å²) >= 11 is 8.51. The number of hydrogen-bond donors (Lipinski definition) is 1. The number of carboxylic acids is 1. The number of carboxylic acid groups (broad SMARTS) is 1. The van der Waals surface area contributed by atoms with Gasteiger partial charge in [-0.15, -0.1) is 11.6 Å². The Hall–Kier alpha value is 0.240. The molecule has 1 N–H and O–H groups in total. The van der Waals surface area contributed by atoms with Gasteiger partial charge in [0.2, 0.25) is 0 Å². The van der Waals surface area contributed by atoms with E-state index >= 15 is 0 Å². The normalized spacial score (nSPS) is 12.9. The Balaban J connectivity index is 3.17. The molecule has 11 heavy (non-hydrogen) atoms. The first-order valence-corrected chi connectivity index (χ1v) is 5.06. The summed E-state index contributed by atoms with van der Waals surface area (Å²) in [5.41, 5.74) is 0. The van der Waals surface area contributed by atoms with Crippen LogP contribution in [0.2, 0.25) is 0 Å². The second-order valence-electron chi connectivity index (χ2n) is 2.34. The van der Waals surface area contributed by atoms with Crippen LogP contribution in [0, 0.1) is 0 Å². The molecule has 0 aliphatic carbocycles. The van der Waals surface area contributed by atoms with Gasteiger partial charge >= 0.3 is 5.97 Å². The number of rotatable bonds is 6. The number of hydrogen-bond acceptors (Lipinski definition) is 1. The van der Waals surface area contributed by atoms with E-state index in [0.717, 1.165) is 19.3 Å². The van der Waals surface area contributed by atoms with Gasteiger partial charge < -0.3 is 5.11 Å². The number of alkyl halides is 2. The van der Waals surface area contributed by atoms with Gasteiger partial charge in [-0.1, -0.05) is 28.8 Å². The molecular weight excluding hydrogens is 231 g/mol. The first kappa shape index (κ1) is 11.2. The zero-order valence-corrected chi connectivity index (χ0v) is 8.57. The lowest BCUT2D eigenvalue weighted by atomic mass is 10.1. The molecule has 0 aliphatic rings. The standard InChI is InChI=1S/C7H12BrClO2/c8-6(7(10)11)4-2-1-3-5-9/h6H,1-5H2,(H,10,11). The fourth-order valence-electron chi connectivity index (χ4n) is 0.718. The van der Waals surface area contributed by atoms with Crippen LogP contribution in [0.4, 0.5) is 0 Å². The van der Waals surface area contributed by atoms with Crippen molar-refractivity contribution in [2.75, 3.05) is 5.88 Å². The third-order valence-corrected chi connectivity index (χ3v) is 2.48. The van der Waals surface area contributed by atoms with Crippen molar-refractivity contribution in [3.8, 4) is 0 Å². The van der Waals surface area contributed by atoms with Crippen molar-refractivity contribution in [1.29, 1.82) is 0 Å². The van der Waals surface area contributed by atoms with Gasteiger partial charge in [-0.3, -0.25) is 4.79 Å². The van der Waals surface area contributed by atoms with E-state index in [1.807, 2.05) is 0 Å². The summed E-state index contributed by atoms with van der Waals surface area (Å²) in [4.78, 5) is 9.90. The fraction of sp³-hybridized carbons (Fsp3) is 0.857. The van der Waals surface area contributed by atoms with Crippen LogP contribution in [0.25, 0.3) is 0 Å². The zero-order valence-electron chi connectivity index (χ0n) is 6.22. The molecule has 1 atom stereocenters. The molecule has 0 radical (unpaired) electrons. The number of aliphatic carboxylic acids is 1. The van der Waals surface area contributed by atoms with Gasteiger partial charge in [0.25, 0.3) is 0 Å². The highest BCUT2D eigenvalue weighted by atomic mass is 79.9. The highest BCUT2D eigenvalue weighted by Gasteiger charge is 2.11. The summed E-state index contributed by atoms with van der Waals surface area (Å²) in [6, 6.07) is 0. The summed E-state index contributed by atoms with van der Waals surface area (Å²) < 4.78 is 0. The van der Waals surface area contributed by atoms with Gasteiger partial charge in [-0.05, 0) is 12.8 Å². The quantitative estimate of drug-likeness (QED) is 0.575. The molecule has 0 heterocycles. The van der Waals surface area contributed by atoms with Crippen molar-refractivity contribution in [1.82, 2.24) is 0 Å². The maximum Gasteiger partial charge on any atom is 0.317 e. The molecule has 0 amide bonds. The molecule has 0 spiro atoms. The van der Waals surface area contributed by atoms with Crippen molar-refractivity contribution >= 4 is 33.5 Å². The van der Waals surface area contributed by atoms with Crippen molar-refractivity contribution in [3.05, 3.63) is 0 Å². The van der Waals surface area contributed by atoms with E-state index in [9.17, 15) is 4.79 Å². The molecule has 0 saturated carbocycles. The number of carbonyl (C=O) groups is 1. The molecule has 4 heteroatoms. The smallest absolute Gasteiger partial charge is 0.317 e. The van der Waals surface area contributed by atoms with Crippen LogP contribution in [0.5, 0.6) is 0 Å². The van der Waals surface area contributed by atoms with E-state index in [-0.39, 0.29) is 0 Å². The van der Waals surface area contributed by atoms with Crippen molar-refractivity contribution < 1.29 is 9.90 Å². The topological polar surface area (TPSA) is 37.3 Å². The SMILES string of the molecule is O=C(O)C(Br)CCCCCCl. The van der Waals surface area contributed by atoms with E-state index in [1.54, 1.807) is 0 Å². The molecule has 0 rings (SSSR count). The minimum atomic E-state index is -0.782. The molecule has 0 fully saturated rings. The minimum absolute atomic E-state index is 0.391. The molecule has 0 saturated heterocycles. The monoisotopic (exact) mass is 242 g/mol. The second-order valence-corrected chi connectivity index (χ2v) is 3.83. The van der Waals surface area contributed by atoms with Crippen LogP contribution in [0.1, 0.15) is 25.7 Å². The van der Waals surface area contributed by atoms with Gasteiger partial charge in [0.1, 0.15) is 4.83 Å². The maximum atomic E-state index is 10.3. The summed E-state index contributed by atoms with van der Waals surface area (Å²) in [6.45, 7) is 0. The lowest BCUT2D eigenvalue weighted by Crippen LogP contribution is -2.11. The molecule has 66 valence electrons. The van der Waals surface area contributed by atoms with Crippen LogP contribution in [0.15, 0.2) is 0 Å². The summed E-state index contributed by atoms with van der Waals surface area (Å²) in [5.74, 6) is -0.115. The van der Waals surface area contributed by atoms with Gasteiger partial charge in [-0.25, -0.2) is 0 Å². The summed E-state index contributed by atoms with van der Waals surface area (Å²) in [5, 5.41) is 8.47. The zero-order chi connectivity index (χ0) is 8.69. The van der Waals surface area contributed by atoms with E-state index < -0.39 is 10.8 Å². The first-order valence-electron chi connectivity index (χ1n) is 3.61. The molecule has 1 unspecified atom stereocenters. The van der Waals surface area contributed by atoms with Crippen molar-refractivity contribution in [3.63, 3.8) is 0 Å². The Morgan fingerprint density at radius 1 is 1.45 bits per heavy atom. The lowest BCUT2D eigenvalue weighted by molar-refractivity contribution is -0.136. The van der Waals surface area contributed by atoms with Crippen LogP contribution >= 0.6 is 27.5 Å². The Kier molecular flexibility index (Phi) is 7.07. The predicted molar refractivity (Wildman–Crippen MR) is 49.5 cm³/mol. The Labute approximate surface area is 80.1 Å². The van der Waals surface area contributed by atoms with Crippen molar-refractivity contribution in [2.24, 2.45) is 0 Å². The molecule has 2 nitrogen and oxygen atoms in total. The predicted octanol–water partition coefficient (Wildman–Crippen LogP) is 2.63. The first-order chi connectivity index (χ1) is 5.18. The van der Waals surface area contributed by atoms with Crippen LogP contribution < -0.4 is 0 Å². The van der Waals surface area contributed by atoms with E-state index in [4.69, 9.17) is 16.7 Å². The Morgan fingerprint density at radius 2 is 2.09 bits per heavy atom. The summed E-state index contributed by atoms with van der Waals surface area (Å²) in [7, 11) is 0. The Morgan fingerprint density at radius 3 is 2.55 bits per heavy atom. The number of halogens is 2. The van der Waals surface area contributed by atoms with E-state index in [0.29, 0.717) is 12.3 Å². The molecule has 0 aromatic carbocycles. The van der Waals surface area contributed by atoms with E-state index in [2.05, 4.69) is 15.9 Å². The van der Waals surface area contributed by atoms with Gasteiger partial charge in [-0.2, -0.15) is 0 Å². The summed E-state index contributed by atoms with van der Waals surface area (Å²) in [6.07, 6.45) is 3.60. The molecule has 0 bridgehead atoms. The largest absolute Gasteiger partial charge is 0.480 e. The highest BCUT2D eigenvalue weighted by Crippen LogP contribution is 2.11. The van der Waals surface area contributed by atoms with Gasteiger partial charge in [0.05, 0.1) is 0 Å². The van der Waals surface area contributed by atoms with Crippen LogP contribution in [0.3, 0.4) is 0 Å². The Bertz CT molecular complexity index is 119. The third kappa shape index (κ3) is 6.63. The highest BCUT2D eigenvalue weighted by molar-refractivity contribution is 9.10. The average molecular weight is 244 g/mol. The van der Waals surface area contributed by atoms with Crippen LogP contribution in [-0.4, -0.2) is 21.8 Å². The second kappa shape index (κ2) is 6.92. The third-order valence-electron chi connectivity index (χ3n) is 1.36. The lowest BCUT2D eigenvalue weighted by Gasteiger charge is -2.02. The molecule has 0 aromatic heterocycles. The minimum Gasteiger partial charge on any atom is -0.480 e. The van der Waals surface area contributed by atoms with Crippen LogP contribution in [-0.2, 0) is 4.79 Å². The average Bonchev–Trinajstić information content (AvgIpc) is 1.97. The van der Waals surface area contributed by atoms with Crippen molar-refractivity contribution in [2.45, 2.75) is 30.5 Å².